The molecule has 1 fully saturated rings. The number of rotatable bonds is 2. The number of hydrogen-bond acceptors (Lipinski definition) is 2. The highest BCUT2D eigenvalue weighted by molar-refractivity contribution is 5.86. The topological polar surface area (TPSA) is 49.4 Å². The molecule has 1 heterocycles. The summed E-state index contributed by atoms with van der Waals surface area (Å²) in [7, 11) is 0. The minimum atomic E-state index is -0.0650. The maximum Gasteiger partial charge on any atom is 0.239 e. The number of aryl methyl sites for hydroxylation is 1. The molecule has 1 aliphatic heterocycles. The van der Waals surface area contributed by atoms with E-state index < -0.39 is 0 Å². The molecule has 0 spiro atoms. The van der Waals surface area contributed by atoms with Crippen LogP contribution in [0.2, 0.25) is 0 Å². The second kappa shape index (κ2) is 5.67. The van der Waals surface area contributed by atoms with Crippen molar-refractivity contribution in [1.29, 1.82) is 0 Å². The maximum atomic E-state index is 12.1. The smallest absolute Gasteiger partial charge is 0.239 e. The van der Waals surface area contributed by atoms with Gasteiger partial charge >= 0.3 is 0 Å². The average Bonchev–Trinajstić information content (AvgIpc) is 2.57. The molecular formula is C14H18N2O2. The maximum absolute atomic E-state index is 12.1. The normalized spacial score (nSPS) is 16.1. The number of nitrogens with zero attached hydrogens (tertiary/aromatic N) is 1. The van der Waals surface area contributed by atoms with Crippen LogP contribution in [0.15, 0.2) is 24.3 Å². The van der Waals surface area contributed by atoms with Gasteiger partial charge in [-0.3, -0.25) is 9.59 Å². The van der Waals surface area contributed by atoms with Crippen molar-refractivity contribution in [2.45, 2.75) is 19.8 Å². The summed E-state index contributed by atoms with van der Waals surface area (Å²) in [5.41, 5.74) is 2.18. The zero-order valence-corrected chi connectivity index (χ0v) is 10.6. The van der Waals surface area contributed by atoms with Crippen LogP contribution in [-0.2, 0) is 16.0 Å². The van der Waals surface area contributed by atoms with Gasteiger partial charge < -0.3 is 10.2 Å². The third-order valence-corrected chi connectivity index (χ3v) is 3.09. The molecule has 0 bridgehead atoms. The summed E-state index contributed by atoms with van der Waals surface area (Å²) in [4.78, 5) is 25.1. The minimum Gasteiger partial charge on any atom is -0.354 e. The molecule has 0 radical (unpaired) electrons. The van der Waals surface area contributed by atoms with E-state index >= 15 is 0 Å². The Balaban J connectivity index is 1.98. The number of benzene rings is 1. The first-order valence-corrected chi connectivity index (χ1v) is 6.25. The van der Waals surface area contributed by atoms with Crippen molar-refractivity contribution in [3.63, 3.8) is 0 Å². The molecule has 1 saturated heterocycles. The number of amides is 2. The zero-order chi connectivity index (χ0) is 13.0. The molecule has 0 atom stereocenters. The van der Waals surface area contributed by atoms with Gasteiger partial charge in [0.25, 0.3) is 0 Å². The van der Waals surface area contributed by atoms with E-state index in [1.54, 1.807) is 4.90 Å². The highest BCUT2D eigenvalue weighted by atomic mass is 16.2. The summed E-state index contributed by atoms with van der Waals surface area (Å²) in [6.07, 6.45) is 1.19. The Morgan fingerprint density at radius 3 is 2.78 bits per heavy atom. The Labute approximate surface area is 107 Å². The van der Waals surface area contributed by atoms with Gasteiger partial charge in [-0.2, -0.15) is 0 Å². The lowest BCUT2D eigenvalue weighted by Crippen LogP contribution is -2.38. The molecule has 1 aromatic carbocycles. The molecule has 1 aliphatic rings. The van der Waals surface area contributed by atoms with Crippen LogP contribution in [0.5, 0.6) is 0 Å². The number of nitrogens with one attached hydrogen (secondary N) is 1. The van der Waals surface area contributed by atoms with Crippen LogP contribution in [0, 0.1) is 6.92 Å². The van der Waals surface area contributed by atoms with E-state index in [0.717, 1.165) is 12.0 Å². The summed E-state index contributed by atoms with van der Waals surface area (Å²) in [5.74, 6) is -0.0411. The van der Waals surface area contributed by atoms with E-state index in [9.17, 15) is 9.59 Å². The lowest BCUT2D eigenvalue weighted by molar-refractivity contribution is -0.134. The Morgan fingerprint density at radius 2 is 2.06 bits per heavy atom. The van der Waals surface area contributed by atoms with E-state index in [2.05, 4.69) is 5.32 Å². The van der Waals surface area contributed by atoms with Crippen LogP contribution in [0.4, 0.5) is 0 Å². The van der Waals surface area contributed by atoms with Crippen molar-refractivity contribution in [1.82, 2.24) is 10.2 Å². The van der Waals surface area contributed by atoms with Gasteiger partial charge in [0.05, 0.1) is 13.0 Å². The molecule has 0 saturated carbocycles. The second-order valence-electron chi connectivity index (χ2n) is 4.68. The van der Waals surface area contributed by atoms with Crippen molar-refractivity contribution in [3.05, 3.63) is 35.4 Å². The van der Waals surface area contributed by atoms with Crippen molar-refractivity contribution in [2.24, 2.45) is 0 Å². The second-order valence-corrected chi connectivity index (χ2v) is 4.68. The van der Waals surface area contributed by atoms with E-state index in [0.29, 0.717) is 19.5 Å². The Hall–Kier alpha value is -1.84. The molecule has 4 nitrogen and oxygen atoms in total. The van der Waals surface area contributed by atoms with Crippen LogP contribution in [-0.4, -0.2) is 36.3 Å². The lowest BCUT2D eigenvalue weighted by Gasteiger charge is -2.18. The number of carbonyl (C=O) groups is 2. The highest BCUT2D eigenvalue weighted by Gasteiger charge is 2.19. The van der Waals surface area contributed by atoms with Gasteiger partial charge in [-0.25, -0.2) is 0 Å². The fourth-order valence-corrected chi connectivity index (χ4v) is 2.01. The molecule has 2 amide bonds. The molecule has 0 aromatic heterocycles. The average molecular weight is 246 g/mol. The molecule has 0 aliphatic carbocycles. The molecule has 1 aromatic rings. The van der Waals surface area contributed by atoms with Gasteiger partial charge in [0.1, 0.15) is 0 Å². The number of hydrogen-bond donors (Lipinski definition) is 1. The first-order chi connectivity index (χ1) is 8.65. The van der Waals surface area contributed by atoms with Gasteiger partial charge in [0.15, 0.2) is 0 Å². The largest absolute Gasteiger partial charge is 0.354 e. The van der Waals surface area contributed by atoms with E-state index in [-0.39, 0.29) is 18.4 Å². The summed E-state index contributed by atoms with van der Waals surface area (Å²) in [6.45, 7) is 3.52. The van der Waals surface area contributed by atoms with Crippen LogP contribution in [0.3, 0.4) is 0 Å². The Bertz CT molecular complexity index is 440. The fourth-order valence-electron chi connectivity index (χ4n) is 2.01. The summed E-state index contributed by atoms with van der Waals surface area (Å²) >= 11 is 0. The monoisotopic (exact) mass is 246 g/mol. The molecule has 96 valence electrons. The molecule has 18 heavy (non-hydrogen) atoms. The van der Waals surface area contributed by atoms with E-state index in [1.165, 1.54) is 5.56 Å². The Morgan fingerprint density at radius 1 is 1.33 bits per heavy atom. The van der Waals surface area contributed by atoms with E-state index in [4.69, 9.17) is 0 Å². The van der Waals surface area contributed by atoms with Crippen LogP contribution in [0.1, 0.15) is 17.5 Å². The molecule has 0 unspecified atom stereocenters. The SMILES string of the molecule is Cc1ccc(CC(=O)N2CCCNC(=O)C2)cc1. The van der Waals surface area contributed by atoms with Crippen molar-refractivity contribution in [2.75, 3.05) is 19.6 Å². The molecular weight excluding hydrogens is 228 g/mol. The standard InChI is InChI=1S/C14H18N2O2/c1-11-3-5-12(6-4-11)9-14(18)16-8-2-7-15-13(17)10-16/h3-6H,2,7-10H2,1H3,(H,15,17). The molecule has 1 N–H and O–H groups in total. The quantitative estimate of drug-likeness (QED) is 0.842. The molecule has 2 rings (SSSR count). The lowest BCUT2D eigenvalue weighted by atomic mass is 10.1. The van der Waals surface area contributed by atoms with Crippen LogP contribution >= 0.6 is 0 Å². The highest BCUT2D eigenvalue weighted by Crippen LogP contribution is 2.07. The summed E-state index contributed by atoms with van der Waals surface area (Å²) in [5, 5.41) is 2.77. The van der Waals surface area contributed by atoms with Crippen molar-refractivity contribution in [3.8, 4) is 0 Å². The third-order valence-electron chi connectivity index (χ3n) is 3.09. The van der Waals surface area contributed by atoms with Crippen LogP contribution < -0.4 is 5.32 Å². The minimum absolute atomic E-state index is 0.0240. The van der Waals surface area contributed by atoms with Crippen molar-refractivity contribution < 1.29 is 9.59 Å². The first-order valence-electron chi connectivity index (χ1n) is 6.25. The zero-order valence-electron chi connectivity index (χ0n) is 10.6. The van der Waals surface area contributed by atoms with Gasteiger partial charge in [0, 0.05) is 13.1 Å². The van der Waals surface area contributed by atoms with Gasteiger partial charge in [-0.05, 0) is 18.9 Å². The van der Waals surface area contributed by atoms with Gasteiger partial charge in [0.2, 0.25) is 11.8 Å². The van der Waals surface area contributed by atoms with Gasteiger partial charge in [-0.1, -0.05) is 29.8 Å². The predicted octanol–water partition coefficient (Wildman–Crippen LogP) is 0.886. The first kappa shape index (κ1) is 12.6. The summed E-state index contributed by atoms with van der Waals surface area (Å²) in [6, 6.07) is 7.92. The predicted molar refractivity (Wildman–Crippen MR) is 69.1 cm³/mol. The van der Waals surface area contributed by atoms with Crippen LogP contribution in [0.25, 0.3) is 0 Å². The fraction of sp³-hybridized carbons (Fsp3) is 0.429. The number of carbonyl (C=O) groups excluding carboxylic acids is 2. The Kier molecular flexibility index (Phi) is 3.97. The molecule has 4 heteroatoms. The van der Waals surface area contributed by atoms with Crippen molar-refractivity contribution >= 4 is 11.8 Å². The summed E-state index contributed by atoms with van der Waals surface area (Å²) < 4.78 is 0. The third kappa shape index (κ3) is 3.32. The van der Waals surface area contributed by atoms with Gasteiger partial charge in [-0.15, -0.1) is 0 Å². The van der Waals surface area contributed by atoms with E-state index in [1.807, 2.05) is 31.2 Å².